The quantitative estimate of drug-likeness (QED) is 0.207. The molecule has 6 heterocycles. The van der Waals surface area contributed by atoms with Crippen molar-refractivity contribution in [1.29, 1.82) is 0 Å². The first-order valence-electron chi connectivity index (χ1n) is 14.3. The number of fused-ring (bicyclic) bond motifs is 1. The van der Waals surface area contributed by atoms with Gasteiger partial charge in [0.15, 0.2) is 5.76 Å². The second-order valence-electron chi connectivity index (χ2n) is 11.3. The monoisotopic (exact) mass is 641 g/mol. The molecular weight excluding hydrogens is 607 g/mol. The first kappa shape index (κ1) is 29.9. The van der Waals surface area contributed by atoms with E-state index in [9.17, 15) is 8.42 Å². The summed E-state index contributed by atoms with van der Waals surface area (Å²) in [6.45, 7) is 15.0. The largest absolute Gasteiger partial charge is 0.365 e. The molecule has 0 bridgehead atoms. The van der Waals surface area contributed by atoms with Gasteiger partial charge in [-0.1, -0.05) is 24.2 Å². The molecule has 14 heteroatoms. The van der Waals surface area contributed by atoms with E-state index >= 15 is 0 Å². The number of piperazine rings is 1. The summed E-state index contributed by atoms with van der Waals surface area (Å²) in [5.74, 6) is 3.12. The molecule has 1 aliphatic rings. The number of hydrogen-bond donors (Lipinski definition) is 1. The van der Waals surface area contributed by atoms with Gasteiger partial charge in [-0.05, 0) is 39.8 Å². The molecule has 0 aromatic carbocycles. The number of thiophene rings is 2. The van der Waals surface area contributed by atoms with E-state index in [4.69, 9.17) is 19.0 Å². The maximum absolute atomic E-state index is 13.4. The number of rotatable bonds is 9. The van der Waals surface area contributed by atoms with Gasteiger partial charge in [-0.3, -0.25) is 4.90 Å². The van der Waals surface area contributed by atoms with Crippen LogP contribution in [0.3, 0.4) is 0 Å². The summed E-state index contributed by atoms with van der Waals surface area (Å²) in [6, 6.07) is 5.32. The topological polar surface area (TPSA) is 130 Å². The summed E-state index contributed by atoms with van der Waals surface area (Å²) in [4.78, 5) is 12.9. The van der Waals surface area contributed by atoms with E-state index in [0.29, 0.717) is 36.1 Å². The lowest BCUT2D eigenvalue weighted by molar-refractivity contribution is 0.184. The van der Waals surface area contributed by atoms with Crippen LogP contribution in [0.25, 0.3) is 32.0 Å². The van der Waals surface area contributed by atoms with E-state index in [2.05, 4.69) is 46.7 Å². The molecule has 228 valence electrons. The molecule has 43 heavy (non-hydrogen) atoms. The Kier molecular flexibility index (Phi) is 8.15. The molecule has 1 saturated heterocycles. The van der Waals surface area contributed by atoms with Crippen LogP contribution in [0.1, 0.15) is 49.7 Å². The zero-order valence-electron chi connectivity index (χ0n) is 25.0. The highest BCUT2D eigenvalue weighted by Gasteiger charge is 2.31. The smallest absolute Gasteiger partial charge is 0.252 e. The molecule has 0 radical (unpaired) electrons. The predicted octanol–water partition coefficient (Wildman–Crippen LogP) is 5.92. The van der Waals surface area contributed by atoms with Gasteiger partial charge in [0, 0.05) is 61.7 Å². The van der Waals surface area contributed by atoms with Crippen LogP contribution in [-0.4, -0.2) is 76.7 Å². The summed E-state index contributed by atoms with van der Waals surface area (Å²) < 4.78 is 40.4. The highest BCUT2D eigenvalue weighted by Crippen LogP contribution is 2.39. The number of anilines is 1. The average Bonchev–Trinajstić information content (AvgIpc) is 3.76. The van der Waals surface area contributed by atoms with Crippen molar-refractivity contribution in [2.24, 2.45) is 0 Å². The molecule has 0 saturated carbocycles. The van der Waals surface area contributed by atoms with Gasteiger partial charge in [0.2, 0.25) is 0 Å². The Morgan fingerprint density at radius 2 is 1.79 bits per heavy atom. The summed E-state index contributed by atoms with van der Waals surface area (Å²) in [6.07, 6.45) is 0. The number of hydrogen-bond acceptors (Lipinski definition) is 12. The number of nitrogens with one attached hydrogen (secondary N) is 1. The van der Waals surface area contributed by atoms with Gasteiger partial charge in [0.25, 0.3) is 10.0 Å². The zero-order valence-corrected chi connectivity index (χ0v) is 27.5. The molecule has 5 aromatic heterocycles. The fourth-order valence-corrected chi connectivity index (χ4v) is 9.13. The first-order valence-corrected chi connectivity index (χ1v) is 17.4. The lowest BCUT2D eigenvalue weighted by Crippen LogP contribution is -2.50. The van der Waals surface area contributed by atoms with E-state index in [0.717, 1.165) is 61.6 Å². The van der Waals surface area contributed by atoms with Gasteiger partial charge >= 0.3 is 0 Å². The Morgan fingerprint density at radius 3 is 2.44 bits per heavy atom. The van der Waals surface area contributed by atoms with Gasteiger partial charge in [-0.25, -0.2) is 18.4 Å². The van der Waals surface area contributed by atoms with Gasteiger partial charge in [-0.15, -0.1) is 22.7 Å². The summed E-state index contributed by atoms with van der Waals surface area (Å²) in [7, 11) is -3.58. The molecule has 1 unspecified atom stereocenters. The summed E-state index contributed by atoms with van der Waals surface area (Å²) >= 11 is 2.83. The van der Waals surface area contributed by atoms with Crippen molar-refractivity contribution in [3.05, 3.63) is 46.6 Å². The van der Waals surface area contributed by atoms with Crippen LogP contribution in [0, 0.1) is 20.8 Å². The molecule has 1 N–H and O–H groups in total. The average molecular weight is 642 g/mol. The predicted molar refractivity (Wildman–Crippen MR) is 169 cm³/mol. The van der Waals surface area contributed by atoms with Crippen LogP contribution in [0.5, 0.6) is 0 Å². The Labute approximate surface area is 259 Å². The second kappa shape index (κ2) is 11.7. The Bertz CT molecular complexity index is 1840. The van der Waals surface area contributed by atoms with Crippen molar-refractivity contribution in [3.63, 3.8) is 0 Å². The SMILES string of the molecule is Cc1cc(-c2ccc(S(=O)(=O)N3CCN(CC(C)Nc4nc(C(C)C)nc5c(-c6c(C)noc6C)csc45)CC3)s2)on1. The van der Waals surface area contributed by atoms with E-state index in [1.165, 1.54) is 11.3 Å². The minimum Gasteiger partial charge on any atom is -0.365 e. The lowest BCUT2D eigenvalue weighted by atomic mass is 10.1. The first-order chi connectivity index (χ1) is 20.5. The van der Waals surface area contributed by atoms with Crippen molar-refractivity contribution in [2.45, 2.75) is 57.7 Å². The number of sulfonamides is 1. The minimum atomic E-state index is -3.58. The lowest BCUT2D eigenvalue weighted by Gasteiger charge is -2.35. The highest BCUT2D eigenvalue weighted by molar-refractivity contribution is 7.91. The molecule has 6 rings (SSSR count). The third-order valence-corrected chi connectivity index (χ3v) is 12.0. The Hall–Kier alpha value is -3.17. The van der Waals surface area contributed by atoms with E-state index in [1.807, 2.05) is 26.8 Å². The van der Waals surface area contributed by atoms with Crippen LogP contribution in [0.4, 0.5) is 5.82 Å². The molecule has 1 atom stereocenters. The maximum Gasteiger partial charge on any atom is 0.252 e. The normalized spacial score (nSPS) is 16.0. The molecule has 0 aliphatic carbocycles. The van der Waals surface area contributed by atoms with Gasteiger partial charge in [-0.2, -0.15) is 4.31 Å². The van der Waals surface area contributed by atoms with Crippen molar-refractivity contribution in [1.82, 2.24) is 29.5 Å². The maximum atomic E-state index is 13.4. The van der Waals surface area contributed by atoms with E-state index < -0.39 is 10.0 Å². The standard InChI is InChI=1S/C29H35N7O4S3/c1-16(2)28-31-26-21(25-19(5)34-39-20(25)6)15-41-27(26)29(32-28)30-18(4)14-35-9-11-36(12-10-35)43(37,38)24-8-7-23(42-24)22-13-17(3)33-40-22/h7-8,13,15-16,18H,9-12,14H2,1-6H3,(H,30,31,32). The molecule has 5 aromatic rings. The number of aromatic nitrogens is 4. The second-order valence-corrected chi connectivity index (χ2v) is 15.4. The molecule has 0 amide bonds. The van der Waals surface area contributed by atoms with Crippen LogP contribution < -0.4 is 5.32 Å². The fraction of sp³-hybridized carbons (Fsp3) is 0.448. The molecule has 11 nitrogen and oxygen atoms in total. The van der Waals surface area contributed by atoms with Crippen LogP contribution in [-0.2, 0) is 10.0 Å². The zero-order chi connectivity index (χ0) is 30.5. The van der Waals surface area contributed by atoms with Crippen LogP contribution in [0.15, 0.2) is 36.8 Å². The van der Waals surface area contributed by atoms with Gasteiger partial charge in [0.05, 0.1) is 32.0 Å². The van der Waals surface area contributed by atoms with Crippen molar-refractivity contribution < 1.29 is 17.5 Å². The van der Waals surface area contributed by atoms with E-state index in [1.54, 1.807) is 27.8 Å². The summed E-state index contributed by atoms with van der Waals surface area (Å²) in [5.41, 5.74) is 4.51. The van der Waals surface area contributed by atoms with Crippen LogP contribution >= 0.6 is 22.7 Å². The van der Waals surface area contributed by atoms with Gasteiger partial charge in [0.1, 0.15) is 21.6 Å². The third-order valence-electron chi connectivity index (χ3n) is 7.54. The number of aryl methyl sites for hydroxylation is 3. The highest BCUT2D eigenvalue weighted by atomic mass is 32.2. The molecule has 1 aliphatic heterocycles. The van der Waals surface area contributed by atoms with Crippen LogP contribution in [0.2, 0.25) is 0 Å². The third kappa shape index (κ3) is 5.86. The molecule has 0 spiro atoms. The van der Waals surface area contributed by atoms with E-state index in [-0.39, 0.29) is 12.0 Å². The Balaban J connectivity index is 1.13. The fourth-order valence-electron chi connectivity index (χ4n) is 5.35. The van der Waals surface area contributed by atoms with Crippen molar-refractivity contribution >= 4 is 48.7 Å². The Morgan fingerprint density at radius 1 is 1.02 bits per heavy atom. The van der Waals surface area contributed by atoms with Gasteiger partial charge < -0.3 is 14.4 Å². The molecular formula is C29H35N7O4S3. The van der Waals surface area contributed by atoms with Crippen molar-refractivity contribution in [3.8, 4) is 21.8 Å². The summed E-state index contributed by atoms with van der Waals surface area (Å²) in [5, 5.41) is 13.8. The van der Waals surface area contributed by atoms with Crippen molar-refractivity contribution in [2.75, 3.05) is 38.0 Å². The minimum absolute atomic E-state index is 0.0797. The number of nitrogens with zero attached hydrogens (tertiary/aromatic N) is 6. The molecule has 1 fully saturated rings.